The first kappa shape index (κ1) is 14.4. The maximum absolute atomic E-state index is 5.85. The van der Waals surface area contributed by atoms with Gasteiger partial charge in [-0.15, -0.1) is 0 Å². The molecule has 0 saturated heterocycles. The summed E-state index contributed by atoms with van der Waals surface area (Å²) in [7, 11) is 0. The predicted octanol–water partition coefficient (Wildman–Crippen LogP) is 4.53. The Morgan fingerprint density at radius 3 is 2.16 bits per heavy atom. The lowest BCUT2D eigenvalue weighted by atomic mass is 9.89. The Balaban J connectivity index is 2.38. The lowest BCUT2D eigenvalue weighted by Crippen LogP contribution is -2.03. The fraction of sp³-hybridized carbons (Fsp3) is 0.200. The predicted molar refractivity (Wildman–Crippen MR) is 89.7 cm³/mol. The normalized spacial score (nSPS) is 12.3. The van der Waals surface area contributed by atoms with Crippen molar-refractivity contribution in [2.75, 3.05) is 16.8 Å². The van der Waals surface area contributed by atoms with Crippen LogP contribution in [0.1, 0.15) is 23.5 Å². The highest BCUT2D eigenvalue weighted by atomic mass is 79.9. The Hall–Kier alpha value is -1.00. The molecule has 2 aromatic carbocycles. The lowest BCUT2D eigenvalue weighted by molar-refractivity contribution is 0.789. The molecular weight excluding hydrogens is 368 g/mol. The number of halogens is 2. The van der Waals surface area contributed by atoms with Gasteiger partial charge in [-0.05, 0) is 57.7 Å². The zero-order valence-electron chi connectivity index (χ0n) is 10.4. The Bertz CT molecular complexity index is 553. The third kappa shape index (κ3) is 3.51. The number of hydrogen-bond donors (Lipinski definition) is 2. The van der Waals surface area contributed by atoms with Crippen LogP contribution in [0, 0.1) is 0 Å². The molecule has 4 heteroatoms. The molecule has 2 aromatic rings. The van der Waals surface area contributed by atoms with Crippen LogP contribution in [-0.4, -0.2) is 5.33 Å². The van der Waals surface area contributed by atoms with E-state index in [9.17, 15) is 0 Å². The van der Waals surface area contributed by atoms with Crippen molar-refractivity contribution < 1.29 is 0 Å². The van der Waals surface area contributed by atoms with Crippen LogP contribution in [0.15, 0.2) is 46.9 Å². The maximum Gasteiger partial charge on any atom is 0.0458 e. The Kier molecular flexibility index (Phi) is 4.88. The number of hydrogen-bond acceptors (Lipinski definition) is 2. The average Bonchev–Trinajstić information content (AvgIpc) is 2.41. The van der Waals surface area contributed by atoms with Gasteiger partial charge in [0.1, 0.15) is 0 Å². The highest BCUT2D eigenvalue weighted by Crippen LogP contribution is 2.32. The fourth-order valence-corrected chi connectivity index (χ4v) is 2.98. The van der Waals surface area contributed by atoms with Gasteiger partial charge in [0.15, 0.2) is 0 Å². The molecule has 0 saturated carbocycles. The van der Waals surface area contributed by atoms with Gasteiger partial charge in [0.2, 0.25) is 0 Å². The van der Waals surface area contributed by atoms with E-state index >= 15 is 0 Å². The maximum atomic E-state index is 5.85. The Labute approximate surface area is 130 Å². The van der Waals surface area contributed by atoms with Crippen molar-refractivity contribution >= 4 is 43.2 Å². The van der Waals surface area contributed by atoms with Gasteiger partial charge in [0.05, 0.1) is 0 Å². The SMILES string of the molecule is Nc1ccc(C(CCBr)c2ccc(N)c(Br)c2)cc1. The number of benzene rings is 2. The van der Waals surface area contributed by atoms with Crippen LogP contribution in [-0.2, 0) is 0 Å². The minimum Gasteiger partial charge on any atom is -0.399 e. The summed E-state index contributed by atoms with van der Waals surface area (Å²) in [5, 5.41) is 0.948. The summed E-state index contributed by atoms with van der Waals surface area (Å²) in [6.45, 7) is 0. The van der Waals surface area contributed by atoms with E-state index in [1.165, 1.54) is 11.1 Å². The van der Waals surface area contributed by atoms with Gasteiger partial charge in [0, 0.05) is 27.1 Å². The van der Waals surface area contributed by atoms with Crippen molar-refractivity contribution in [1.29, 1.82) is 0 Å². The van der Waals surface area contributed by atoms with Gasteiger partial charge in [-0.1, -0.05) is 34.1 Å². The molecule has 2 rings (SSSR count). The summed E-state index contributed by atoms with van der Waals surface area (Å²) in [6, 6.07) is 14.2. The fourth-order valence-electron chi connectivity index (χ4n) is 2.12. The summed E-state index contributed by atoms with van der Waals surface area (Å²) in [5.41, 5.74) is 15.7. The molecule has 100 valence electrons. The van der Waals surface area contributed by atoms with Gasteiger partial charge in [-0.2, -0.15) is 0 Å². The van der Waals surface area contributed by atoms with Crippen LogP contribution in [0.4, 0.5) is 11.4 Å². The Morgan fingerprint density at radius 1 is 0.947 bits per heavy atom. The molecule has 2 nitrogen and oxygen atoms in total. The largest absolute Gasteiger partial charge is 0.399 e. The van der Waals surface area contributed by atoms with Gasteiger partial charge in [0.25, 0.3) is 0 Å². The molecule has 1 atom stereocenters. The van der Waals surface area contributed by atoms with Gasteiger partial charge in [-0.3, -0.25) is 0 Å². The average molecular weight is 384 g/mol. The number of nitrogens with two attached hydrogens (primary N) is 2. The molecule has 1 unspecified atom stereocenters. The van der Waals surface area contributed by atoms with Gasteiger partial charge >= 0.3 is 0 Å². The van der Waals surface area contributed by atoms with Crippen molar-refractivity contribution in [3.63, 3.8) is 0 Å². The smallest absolute Gasteiger partial charge is 0.0458 e. The molecule has 0 amide bonds. The molecule has 0 aliphatic carbocycles. The summed E-state index contributed by atoms with van der Waals surface area (Å²) in [4.78, 5) is 0. The van der Waals surface area contributed by atoms with Crippen LogP contribution >= 0.6 is 31.9 Å². The highest BCUT2D eigenvalue weighted by Gasteiger charge is 2.14. The second-order valence-corrected chi connectivity index (χ2v) is 6.13. The summed E-state index contributed by atoms with van der Waals surface area (Å²) in [6.07, 6.45) is 1.03. The van der Waals surface area contributed by atoms with E-state index in [1.54, 1.807) is 0 Å². The summed E-state index contributed by atoms with van der Waals surface area (Å²) < 4.78 is 0.944. The first-order valence-corrected chi connectivity index (χ1v) is 7.99. The van der Waals surface area contributed by atoms with Crippen LogP contribution in [0.25, 0.3) is 0 Å². The minimum atomic E-state index is 0.344. The van der Waals surface area contributed by atoms with E-state index in [4.69, 9.17) is 11.5 Å². The lowest BCUT2D eigenvalue weighted by Gasteiger charge is -2.18. The molecule has 0 fully saturated rings. The Morgan fingerprint density at radius 2 is 1.58 bits per heavy atom. The quantitative estimate of drug-likeness (QED) is 0.601. The van der Waals surface area contributed by atoms with E-state index in [0.717, 1.165) is 27.6 Å². The van der Waals surface area contributed by atoms with E-state index in [1.807, 2.05) is 18.2 Å². The molecule has 0 aliphatic heterocycles. The topological polar surface area (TPSA) is 52.0 Å². The zero-order valence-corrected chi connectivity index (χ0v) is 13.6. The minimum absolute atomic E-state index is 0.344. The van der Waals surface area contributed by atoms with Crippen molar-refractivity contribution in [2.45, 2.75) is 12.3 Å². The monoisotopic (exact) mass is 382 g/mol. The van der Waals surface area contributed by atoms with E-state index in [0.29, 0.717) is 5.92 Å². The van der Waals surface area contributed by atoms with Crippen molar-refractivity contribution in [3.05, 3.63) is 58.1 Å². The molecule has 4 N–H and O–H groups in total. The second-order valence-electron chi connectivity index (χ2n) is 4.48. The third-order valence-corrected chi connectivity index (χ3v) is 4.31. The van der Waals surface area contributed by atoms with Crippen LogP contribution < -0.4 is 11.5 Å². The standard InChI is InChI=1S/C15H16Br2N2/c16-8-7-13(10-1-4-12(18)5-2-10)11-3-6-15(19)14(17)9-11/h1-6,9,13H,7-8,18-19H2. The number of rotatable bonds is 4. The number of anilines is 2. The van der Waals surface area contributed by atoms with E-state index in [2.05, 4.69) is 56.1 Å². The van der Waals surface area contributed by atoms with Gasteiger partial charge in [-0.25, -0.2) is 0 Å². The first-order chi connectivity index (χ1) is 9.11. The van der Waals surface area contributed by atoms with Crippen LogP contribution in [0.5, 0.6) is 0 Å². The molecule has 19 heavy (non-hydrogen) atoms. The van der Waals surface area contributed by atoms with E-state index in [-0.39, 0.29) is 0 Å². The van der Waals surface area contributed by atoms with Gasteiger partial charge < -0.3 is 11.5 Å². The first-order valence-electron chi connectivity index (χ1n) is 6.08. The highest BCUT2D eigenvalue weighted by molar-refractivity contribution is 9.10. The molecule has 0 aromatic heterocycles. The van der Waals surface area contributed by atoms with Crippen molar-refractivity contribution in [3.8, 4) is 0 Å². The molecule has 0 heterocycles. The molecule has 0 spiro atoms. The summed E-state index contributed by atoms with van der Waals surface area (Å²) >= 11 is 7.02. The van der Waals surface area contributed by atoms with Crippen LogP contribution in [0.3, 0.4) is 0 Å². The number of alkyl halides is 1. The summed E-state index contributed by atoms with van der Waals surface area (Å²) in [5.74, 6) is 0.344. The number of nitrogen functional groups attached to an aromatic ring is 2. The second kappa shape index (κ2) is 6.44. The molecule has 0 aliphatic rings. The third-order valence-electron chi connectivity index (χ3n) is 3.16. The zero-order chi connectivity index (χ0) is 13.8. The van der Waals surface area contributed by atoms with Crippen molar-refractivity contribution in [1.82, 2.24) is 0 Å². The molecule has 0 radical (unpaired) electrons. The molecule has 0 bridgehead atoms. The van der Waals surface area contributed by atoms with E-state index < -0.39 is 0 Å². The van der Waals surface area contributed by atoms with Crippen molar-refractivity contribution in [2.24, 2.45) is 0 Å². The molecular formula is C15H16Br2N2. The van der Waals surface area contributed by atoms with Crippen LogP contribution in [0.2, 0.25) is 0 Å².